The number of carbonyl (C=O) groups is 2. The Kier molecular flexibility index (Phi) is 5.98. The lowest BCUT2D eigenvalue weighted by molar-refractivity contribution is -0.140. The fourth-order valence-electron chi connectivity index (χ4n) is 2.76. The number of para-hydroxylation sites is 1. The second kappa shape index (κ2) is 8.60. The highest BCUT2D eigenvalue weighted by Gasteiger charge is 2.32. The molecule has 0 unspecified atom stereocenters. The van der Waals surface area contributed by atoms with Crippen LogP contribution >= 0.6 is 11.6 Å². The van der Waals surface area contributed by atoms with Crippen LogP contribution in [-0.4, -0.2) is 25.2 Å². The Labute approximate surface area is 162 Å². The number of hydrogen-bond acceptors (Lipinski definition) is 4. The van der Waals surface area contributed by atoms with Gasteiger partial charge in [0.15, 0.2) is 0 Å². The van der Waals surface area contributed by atoms with Gasteiger partial charge in [0.1, 0.15) is 19.0 Å². The molecular formula is C20H19ClN2O4. The minimum atomic E-state index is -0.612. The largest absolute Gasteiger partial charge is 0.490 e. The van der Waals surface area contributed by atoms with E-state index in [-0.39, 0.29) is 19.2 Å². The number of halogens is 1. The Hall–Kier alpha value is -2.99. The monoisotopic (exact) mass is 386 g/mol. The van der Waals surface area contributed by atoms with E-state index < -0.39 is 12.0 Å². The van der Waals surface area contributed by atoms with Crippen LogP contribution in [0.15, 0.2) is 65.9 Å². The molecule has 0 fully saturated rings. The van der Waals surface area contributed by atoms with E-state index in [4.69, 9.17) is 21.1 Å². The SMILES string of the molecule is CC1=C(C(=O)OCCOc2ccccc2)[C@@H](c2ccc(Cl)cc2)NC(=O)N1. The maximum atomic E-state index is 12.6. The average Bonchev–Trinajstić information content (AvgIpc) is 2.66. The topological polar surface area (TPSA) is 76.7 Å². The lowest BCUT2D eigenvalue weighted by Crippen LogP contribution is -2.45. The van der Waals surface area contributed by atoms with E-state index in [0.717, 1.165) is 5.56 Å². The summed E-state index contributed by atoms with van der Waals surface area (Å²) in [4.78, 5) is 24.5. The average molecular weight is 387 g/mol. The smallest absolute Gasteiger partial charge is 0.338 e. The van der Waals surface area contributed by atoms with Crippen LogP contribution < -0.4 is 15.4 Å². The van der Waals surface area contributed by atoms with E-state index in [2.05, 4.69) is 10.6 Å². The minimum absolute atomic E-state index is 0.0891. The predicted molar refractivity (Wildman–Crippen MR) is 101 cm³/mol. The number of urea groups is 1. The van der Waals surface area contributed by atoms with E-state index in [9.17, 15) is 9.59 Å². The van der Waals surface area contributed by atoms with Gasteiger partial charge in [-0.05, 0) is 36.8 Å². The van der Waals surface area contributed by atoms with E-state index in [0.29, 0.717) is 22.0 Å². The summed E-state index contributed by atoms with van der Waals surface area (Å²) in [6.07, 6.45) is 0. The van der Waals surface area contributed by atoms with Crippen molar-refractivity contribution in [1.29, 1.82) is 0 Å². The Balaban J connectivity index is 1.67. The van der Waals surface area contributed by atoms with Crippen molar-refractivity contribution in [2.24, 2.45) is 0 Å². The van der Waals surface area contributed by atoms with Crippen LogP contribution in [0.2, 0.25) is 5.02 Å². The standard InChI is InChI=1S/C20H19ClN2O4/c1-13-17(19(24)27-12-11-26-16-5-3-2-4-6-16)18(23-20(25)22-13)14-7-9-15(21)10-8-14/h2-10,18H,11-12H2,1H3,(H2,22,23,25)/t18-/m1/s1. The summed E-state index contributed by atoms with van der Waals surface area (Å²) >= 11 is 5.92. The fourth-order valence-corrected chi connectivity index (χ4v) is 2.88. The van der Waals surface area contributed by atoms with Crippen LogP contribution in [0, 0.1) is 0 Å². The molecule has 0 aliphatic carbocycles. The quantitative estimate of drug-likeness (QED) is 0.587. The minimum Gasteiger partial charge on any atom is -0.490 e. The normalized spacial score (nSPS) is 16.4. The van der Waals surface area contributed by atoms with Gasteiger partial charge in [0.05, 0.1) is 11.6 Å². The van der Waals surface area contributed by atoms with Gasteiger partial charge >= 0.3 is 12.0 Å². The van der Waals surface area contributed by atoms with Crippen molar-refractivity contribution in [3.63, 3.8) is 0 Å². The molecule has 0 saturated carbocycles. The highest BCUT2D eigenvalue weighted by Crippen LogP contribution is 2.28. The van der Waals surface area contributed by atoms with E-state index in [1.54, 1.807) is 31.2 Å². The number of nitrogens with one attached hydrogen (secondary N) is 2. The van der Waals surface area contributed by atoms with Crippen molar-refractivity contribution in [3.8, 4) is 5.75 Å². The highest BCUT2D eigenvalue weighted by molar-refractivity contribution is 6.30. The molecule has 1 heterocycles. The number of hydrogen-bond donors (Lipinski definition) is 2. The summed E-state index contributed by atoms with van der Waals surface area (Å²) in [5.74, 6) is 0.186. The molecule has 2 aromatic rings. The van der Waals surface area contributed by atoms with E-state index in [1.807, 2.05) is 30.3 Å². The van der Waals surface area contributed by atoms with Crippen LogP contribution in [0.1, 0.15) is 18.5 Å². The molecule has 27 heavy (non-hydrogen) atoms. The number of rotatable bonds is 6. The van der Waals surface area contributed by atoms with Crippen LogP contribution in [0.5, 0.6) is 5.75 Å². The Morgan fingerprint density at radius 3 is 2.48 bits per heavy atom. The van der Waals surface area contributed by atoms with Crippen LogP contribution in [-0.2, 0) is 9.53 Å². The van der Waals surface area contributed by atoms with Gasteiger partial charge in [-0.25, -0.2) is 9.59 Å². The summed E-state index contributed by atoms with van der Waals surface area (Å²) in [6.45, 7) is 1.98. The van der Waals surface area contributed by atoms with E-state index >= 15 is 0 Å². The summed E-state index contributed by atoms with van der Waals surface area (Å²) < 4.78 is 10.9. The molecule has 7 heteroatoms. The van der Waals surface area contributed by atoms with Crippen molar-refractivity contribution in [2.75, 3.05) is 13.2 Å². The molecule has 2 N–H and O–H groups in total. The molecule has 0 aromatic heterocycles. The molecule has 1 aliphatic heterocycles. The molecule has 0 spiro atoms. The molecule has 0 radical (unpaired) electrons. The third-order valence-electron chi connectivity index (χ3n) is 4.02. The zero-order valence-corrected chi connectivity index (χ0v) is 15.5. The first-order valence-electron chi connectivity index (χ1n) is 8.43. The lowest BCUT2D eigenvalue weighted by Gasteiger charge is -2.28. The summed E-state index contributed by atoms with van der Waals surface area (Å²) in [7, 11) is 0. The highest BCUT2D eigenvalue weighted by atomic mass is 35.5. The van der Waals surface area contributed by atoms with Gasteiger partial charge in [-0.1, -0.05) is 41.9 Å². The molecule has 1 atom stereocenters. The fraction of sp³-hybridized carbons (Fsp3) is 0.200. The Morgan fingerprint density at radius 1 is 1.07 bits per heavy atom. The Morgan fingerprint density at radius 2 is 1.78 bits per heavy atom. The van der Waals surface area contributed by atoms with Gasteiger partial charge in [-0.3, -0.25) is 0 Å². The predicted octanol–water partition coefficient (Wildman–Crippen LogP) is 3.59. The zero-order valence-electron chi connectivity index (χ0n) is 14.7. The van der Waals surface area contributed by atoms with E-state index in [1.165, 1.54) is 0 Å². The van der Waals surface area contributed by atoms with Gasteiger partial charge < -0.3 is 20.1 Å². The molecule has 1 aliphatic rings. The second-order valence-electron chi connectivity index (χ2n) is 5.92. The number of carbonyl (C=O) groups excluding carboxylic acids is 2. The summed E-state index contributed by atoms with van der Waals surface area (Å²) in [5.41, 5.74) is 1.53. The molecule has 2 aromatic carbocycles. The molecule has 2 amide bonds. The van der Waals surface area contributed by atoms with Gasteiger partial charge in [-0.2, -0.15) is 0 Å². The van der Waals surface area contributed by atoms with Crippen molar-refractivity contribution >= 4 is 23.6 Å². The molecule has 140 valence electrons. The third kappa shape index (κ3) is 4.80. The number of benzene rings is 2. The molecular weight excluding hydrogens is 368 g/mol. The number of amides is 2. The Bertz CT molecular complexity index is 850. The van der Waals surface area contributed by atoms with Crippen molar-refractivity contribution in [3.05, 3.63) is 76.5 Å². The maximum absolute atomic E-state index is 12.6. The number of esters is 1. The third-order valence-corrected chi connectivity index (χ3v) is 4.27. The van der Waals surface area contributed by atoms with Crippen LogP contribution in [0.25, 0.3) is 0 Å². The number of allylic oxidation sites excluding steroid dienone is 1. The second-order valence-corrected chi connectivity index (χ2v) is 6.36. The molecule has 0 bridgehead atoms. The lowest BCUT2D eigenvalue weighted by atomic mass is 9.96. The van der Waals surface area contributed by atoms with Gasteiger partial charge in [0.25, 0.3) is 0 Å². The van der Waals surface area contributed by atoms with Gasteiger partial charge in [0, 0.05) is 10.7 Å². The first-order chi connectivity index (χ1) is 13.0. The first kappa shape index (κ1) is 18.8. The van der Waals surface area contributed by atoms with Crippen molar-refractivity contribution in [2.45, 2.75) is 13.0 Å². The van der Waals surface area contributed by atoms with Crippen LogP contribution in [0.4, 0.5) is 4.79 Å². The molecule has 0 saturated heterocycles. The van der Waals surface area contributed by atoms with Crippen LogP contribution in [0.3, 0.4) is 0 Å². The van der Waals surface area contributed by atoms with Crippen molar-refractivity contribution in [1.82, 2.24) is 10.6 Å². The number of ether oxygens (including phenoxy) is 2. The molecule has 6 nitrogen and oxygen atoms in total. The van der Waals surface area contributed by atoms with Gasteiger partial charge in [-0.15, -0.1) is 0 Å². The first-order valence-corrected chi connectivity index (χ1v) is 8.81. The summed E-state index contributed by atoms with van der Waals surface area (Å²) in [6, 6.07) is 15.2. The maximum Gasteiger partial charge on any atom is 0.338 e. The van der Waals surface area contributed by atoms with Crippen molar-refractivity contribution < 1.29 is 19.1 Å². The molecule has 3 rings (SSSR count). The summed E-state index contributed by atoms with van der Waals surface area (Å²) in [5, 5.41) is 5.93. The zero-order chi connectivity index (χ0) is 19.2. The van der Waals surface area contributed by atoms with Gasteiger partial charge in [0.2, 0.25) is 0 Å².